The molecule has 0 unspecified atom stereocenters. The van der Waals surface area contributed by atoms with Crippen molar-refractivity contribution in [1.29, 1.82) is 0 Å². The van der Waals surface area contributed by atoms with Gasteiger partial charge in [-0.3, -0.25) is 19.3 Å². The lowest BCUT2D eigenvalue weighted by Crippen LogP contribution is -2.62. The molecule has 192 valence electrons. The monoisotopic (exact) mass is 527 g/mol. The van der Waals surface area contributed by atoms with E-state index in [2.05, 4.69) is 15.5 Å². The van der Waals surface area contributed by atoms with Crippen molar-refractivity contribution in [2.24, 2.45) is 5.92 Å². The highest BCUT2D eigenvalue weighted by Crippen LogP contribution is 2.68. The van der Waals surface area contributed by atoms with Crippen molar-refractivity contribution in [3.8, 4) is 5.75 Å². The number of nitrogens with one attached hydrogen (secondary N) is 2. The molecule has 7 rings (SSSR count). The van der Waals surface area contributed by atoms with Crippen LogP contribution in [0, 0.1) is 5.92 Å². The van der Waals surface area contributed by atoms with Crippen molar-refractivity contribution in [1.82, 2.24) is 4.90 Å². The second kappa shape index (κ2) is 8.16. The summed E-state index contributed by atoms with van der Waals surface area (Å²) >= 11 is 6.52. The lowest BCUT2D eigenvalue weighted by molar-refractivity contribution is -0.137. The Balaban J connectivity index is 1.58. The minimum atomic E-state index is -1.51. The maximum Gasteiger partial charge on any atom is 0.251 e. The van der Waals surface area contributed by atoms with Gasteiger partial charge in [0.05, 0.1) is 18.1 Å². The number of benzene rings is 3. The number of carbonyl (C=O) groups excluding carboxylic acids is 3. The quantitative estimate of drug-likeness (QED) is 0.478. The van der Waals surface area contributed by atoms with Crippen LogP contribution < -0.4 is 15.4 Å². The van der Waals surface area contributed by atoms with Crippen LogP contribution in [-0.2, 0) is 20.5 Å². The molecule has 38 heavy (non-hydrogen) atoms. The number of ether oxygens (including phenoxy) is 1. The third-order valence-corrected chi connectivity index (χ3v) is 9.03. The van der Waals surface area contributed by atoms with Crippen LogP contribution in [0.3, 0.4) is 0 Å². The molecule has 4 aliphatic rings. The first-order chi connectivity index (χ1) is 18.5. The standard InChI is InChI=1S/C30H26ClN3O4/c1-2-38-24-12-6-3-8-18(24)26(35)25-23-11-7-15-34(23)30(20-16-17(31)13-14-22(20)33-28(30)37)29(25)19-9-4-5-10-21(19)32-27(29)36/h3-6,8-10,12-14,16,23,25H,2,7,11,15H2,1H3,(H,32,36)(H,33,37)/t23-,25-,29+,30+/m1/s1. The molecule has 8 heteroatoms. The number of rotatable bonds is 4. The van der Waals surface area contributed by atoms with Gasteiger partial charge in [-0.15, -0.1) is 0 Å². The van der Waals surface area contributed by atoms with Crippen LogP contribution in [0.1, 0.15) is 41.3 Å². The lowest BCUT2D eigenvalue weighted by atomic mass is 9.57. The molecule has 4 aliphatic heterocycles. The summed E-state index contributed by atoms with van der Waals surface area (Å²) in [5.41, 5.74) is 0.0137. The van der Waals surface area contributed by atoms with Crippen LogP contribution in [0.15, 0.2) is 66.7 Å². The molecule has 0 bridgehead atoms. The van der Waals surface area contributed by atoms with E-state index < -0.39 is 16.9 Å². The van der Waals surface area contributed by atoms with Crippen LogP contribution in [0.25, 0.3) is 0 Å². The molecule has 3 aromatic carbocycles. The topological polar surface area (TPSA) is 87.7 Å². The molecule has 3 aromatic rings. The number of para-hydroxylation sites is 2. The van der Waals surface area contributed by atoms with Gasteiger partial charge in [0, 0.05) is 28.0 Å². The van der Waals surface area contributed by atoms with Crippen molar-refractivity contribution in [3.05, 3.63) is 88.4 Å². The Labute approximate surface area is 225 Å². The highest BCUT2D eigenvalue weighted by atomic mass is 35.5. The van der Waals surface area contributed by atoms with Gasteiger partial charge in [0.2, 0.25) is 5.91 Å². The Morgan fingerprint density at radius 2 is 1.74 bits per heavy atom. The summed E-state index contributed by atoms with van der Waals surface area (Å²) in [6, 6.07) is 19.5. The molecule has 0 aromatic heterocycles. The zero-order valence-corrected chi connectivity index (χ0v) is 21.5. The first kappa shape index (κ1) is 23.4. The molecule has 4 atom stereocenters. The van der Waals surface area contributed by atoms with Gasteiger partial charge in [0.1, 0.15) is 16.7 Å². The maximum atomic E-state index is 14.8. The number of hydrogen-bond acceptors (Lipinski definition) is 5. The number of anilines is 2. The summed E-state index contributed by atoms with van der Waals surface area (Å²) in [7, 11) is 0. The predicted octanol–water partition coefficient (Wildman–Crippen LogP) is 4.75. The predicted molar refractivity (Wildman–Crippen MR) is 144 cm³/mol. The first-order valence-corrected chi connectivity index (χ1v) is 13.4. The summed E-state index contributed by atoms with van der Waals surface area (Å²) in [5.74, 6) is -1.19. The fourth-order valence-electron chi connectivity index (χ4n) is 7.67. The Morgan fingerprint density at radius 3 is 2.58 bits per heavy atom. The molecule has 2 fully saturated rings. The van der Waals surface area contributed by atoms with Gasteiger partial charge in [-0.05, 0) is 68.3 Å². The molecule has 0 radical (unpaired) electrons. The molecule has 0 saturated carbocycles. The Hall–Kier alpha value is -3.68. The summed E-state index contributed by atoms with van der Waals surface area (Å²) < 4.78 is 5.85. The van der Waals surface area contributed by atoms with E-state index in [1.54, 1.807) is 36.4 Å². The van der Waals surface area contributed by atoms with E-state index in [9.17, 15) is 14.4 Å². The molecule has 2 spiro atoms. The Morgan fingerprint density at radius 1 is 1.00 bits per heavy atom. The van der Waals surface area contributed by atoms with Gasteiger partial charge in [0.25, 0.3) is 5.91 Å². The van der Waals surface area contributed by atoms with Crippen LogP contribution in [0.4, 0.5) is 11.4 Å². The number of Topliss-reactive ketones (excluding diaryl/α,β-unsaturated/α-hetero) is 1. The number of halogens is 1. The molecule has 4 heterocycles. The van der Waals surface area contributed by atoms with Crippen LogP contribution in [0.2, 0.25) is 5.02 Å². The Kier molecular flexibility index (Phi) is 5.03. The molecule has 7 nitrogen and oxygen atoms in total. The molecule has 2 saturated heterocycles. The fourth-order valence-corrected chi connectivity index (χ4v) is 7.84. The largest absolute Gasteiger partial charge is 0.493 e. The van der Waals surface area contributed by atoms with Crippen molar-refractivity contribution in [2.75, 3.05) is 23.8 Å². The van der Waals surface area contributed by atoms with E-state index in [-0.39, 0.29) is 23.6 Å². The van der Waals surface area contributed by atoms with E-state index in [0.29, 0.717) is 58.4 Å². The van der Waals surface area contributed by atoms with Crippen molar-refractivity contribution < 1.29 is 19.1 Å². The van der Waals surface area contributed by atoms with Crippen molar-refractivity contribution in [2.45, 2.75) is 36.8 Å². The zero-order valence-electron chi connectivity index (χ0n) is 20.8. The maximum absolute atomic E-state index is 14.8. The van der Waals surface area contributed by atoms with Gasteiger partial charge < -0.3 is 15.4 Å². The number of fused-ring (bicyclic) bond motifs is 7. The number of carbonyl (C=O) groups is 3. The van der Waals surface area contributed by atoms with Gasteiger partial charge in [0.15, 0.2) is 5.78 Å². The summed E-state index contributed by atoms with van der Waals surface area (Å²) in [4.78, 5) is 45.8. The van der Waals surface area contributed by atoms with Crippen molar-refractivity contribution in [3.63, 3.8) is 0 Å². The minimum Gasteiger partial charge on any atom is -0.493 e. The molecule has 2 amide bonds. The highest BCUT2D eigenvalue weighted by Gasteiger charge is 2.81. The van der Waals surface area contributed by atoms with Gasteiger partial charge in [-0.1, -0.05) is 41.9 Å². The van der Waals surface area contributed by atoms with Crippen molar-refractivity contribution >= 4 is 40.6 Å². The SMILES string of the molecule is CCOc1ccccc1C(=O)[C@H]1[C@H]2CCCN2[C@@]2(C(=O)Nc3ccc(Cl)cc32)[C@]12C(=O)Nc1ccccc12. The number of hydrogen-bond donors (Lipinski definition) is 2. The number of nitrogens with zero attached hydrogens (tertiary/aromatic N) is 1. The van der Waals surface area contributed by atoms with E-state index >= 15 is 0 Å². The normalized spacial score (nSPS) is 28.8. The third-order valence-electron chi connectivity index (χ3n) is 8.79. The van der Waals surface area contributed by atoms with Crippen LogP contribution >= 0.6 is 11.6 Å². The van der Waals surface area contributed by atoms with E-state index in [1.807, 2.05) is 37.3 Å². The van der Waals surface area contributed by atoms with E-state index in [4.69, 9.17) is 16.3 Å². The highest BCUT2D eigenvalue weighted by molar-refractivity contribution is 6.31. The minimum absolute atomic E-state index is 0.196. The molecular weight excluding hydrogens is 502 g/mol. The fraction of sp³-hybridized carbons (Fsp3) is 0.300. The van der Waals surface area contributed by atoms with Gasteiger partial charge >= 0.3 is 0 Å². The second-order valence-corrected chi connectivity index (χ2v) is 10.8. The van der Waals surface area contributed by atoms with Gasteiger partial charge in [-0.2, -0.15) is 0 Å². The molecule has 2 N–H and O–H groups in total. The first-order valence-electron chi connectivity index (χ1n) is 13.0. The average Bonchev–Trinajstić information content (AvgIpc) is 3.63. The summed E-state index contributed by atoms with van der Waals surface area (Å²) in [6.07, 6.45) is 1.50. The Bertz CT molecular complexity index is 1540. The van der Waals surface area contributed by atoms with Gasteiger partial charge in [-0.25, -0.2) is 0 Å². The third kappa shape index (κ3) is 2.65. The summed E-state index contributed by atoms with van der Waals surface area (Å²) in [5, 5.41) is 6.57. The lowest BCUT2D eigenvalue weighted by Gasteiger charge is -2.43. The van der Waals surface area contributed by atoms with Crippen LogP contribution in [-0.4, -0.2) is 41.7 Å². The average molecular weight is 528 g/mol. The second-order valence-electron chi connectivity index (χ2n) is 10.3. The van der Waals surface area contributed by atoms with E-state index in [0.717, 1.165) is 6.42 Å². The molecule has 0 aliphatic carbocycles. The van der Waals surface area contributed by atoms with E-state index in [1.165, 1.54) is 0 Å². The molecular formula is C30H26ClN3O4. The number of ketones is 1. The number of amides is 2. The smallest absolute Gasteiger partial charge is 0.251 e. The van der Waals surface area contributed by atoms with Crippen LogP contribution in [0.5, 0.6) is 5.75 Å². The summed E-state index contributed by atoms with van der Waals surface area (Å²) in [6.45, 7) is 2.85. The zero-order chi connectivity index (χ0) is 26.2.